The molecule has 1 aliphatic rings. The number of aliphatic imine (C=N–C) groups is 1. The van der Waals surface area contributed by atoms with Gasteiger partial charge >= 0.3 is 0 Å². The van der Waals surface area contributed by atoms with Crippen molar-refractivity contribution in [2.24, 2.45) is 4.99 Å². The number of rotatable bonds is 6. The predicted molar refractivity (Wildman–Crippen MR) is 114 cm³/mol. The van der Waals surface area contributed by atoms with Crippen molar-refractivity contribution >= 4 is 41.3 Å². The molecule has 2 aromatic rings. The van der Waals surface area contributed by atoms with Crippen LogP contribution in [-0.2, 0) is 6.54 Å². The summed E-state index contributed by atoms with van der Waals surface area (Å²) in [5.41, 5.74) is 1.10. The highest BCUT2D eigenvalue weighted by Gasteiger charge is 2.13. The van der Waals surface area contributed by atoms with E-state index in [0.717, 1.165) is 36.1 Å². The summed E-state index contributed by atoms with van der Waals surface area (Å²) < 4.78 is 10.7. The molecule has 0 saturated carbocycles. The maximum absolute atomic E-state index is 5.41. The summed E-state index contributed by atoms with van der Waals surface area (Å²) in [4.78, 5) is 6.05. The Morgan fingerprint density at radius 3 is 2.84 bits per heavy atom. The molecule has 1 aromatic carbocycles. The van der Waals surface area contributed by atoms with Crippen molar-refractivity contribution in [1.29, 1.82) is 0 Å². The smallest absolute Gasteiger partial charge is 0.231 e. The van der Waals surface area contributed by atoms with Gasteiger partial charge in [-0.25, -0.2) is 4.99 Å². The lowest BCUT2D eigenvalue weighted by Crippen LogP contribution is -2.39. The van der Waals surface area contributed by atoms with Gasteiger partial charge < -0.3 is 20.1 Å². The molecule has 5 nitrogen and oxygen atoms in total. The fourth-order valence-electron chi connectivity index (χ4n) is 2.47. The molecular weight excluding hydrogens is 449 g/mol. The summed E-state index contributed by atoms with van der Waals surface area (Å²) in [6, 6.07) is 10.2. The van der Waals surface area contributed by atoms with E-state index in [1.165, 1.54) is 4.88 Å². The molecule has 0 aliphatic carbocycles. The van der Waals surface area contributed by atoms with E-state index in [4.69, 9.17) is 9.47 Å². The highest BCUT2D eigenvalue weighted by atomic mass is 127. The molecule has 7 heteroatoms. The molecule has 0 saturated heterocycles. The number of hydrogen-bond donors (Lipinski definition) is 2. The Labute approximate surface area is 169 Å². The van der Waals surface area contributed by atoms with Crippen LogP contribution in [0.3, 0.4) is 0 Å². The Morgan fingerprint density at radius 2 is 2.08 bits per heavy atom. The lowest BCUT2D eigenvalue weighted by molar-refractivity contribution is 0.174. The summed E-state index contributed by atoms with van der Waals surface area (Å²) in [6.07, 6.45) is 0. The third-order valence-electron chi connectivity index (χ3n) is 3.81. The zero-order chi connectivity index (χ0) is 16.8. The number of thiophene rings is 1. The van der Waals surface area contributed by atoms with E-state index in [9.17, 15) is 0 Å². The highest BCUT2D eigenvalue weighted by molar-refractivity contribution is 14.0. The van der Waals surface area contributed by atoms with Crippen molar-refractivity contribution in [3.05, 3.63) is 46.2 Å². The third kappa shape index (κ3) is 5.50. The zero-order valence-electron chi connectivity index (χ0n) is 14.5. The molecular formula is C18H24IN3O2S. The molecule has 25 heavy (non-hydrogen) atoms. The number of ether oxygens (including phenoxy) is 2. The van der Waals surface area contributed by atoms with Crippen molar-refractivity contribution in [3.63, 3.8) is 0 Å². The number of benzene rings is 1. The van der Waals surface area contributed by atoms with Gasteiger partial charge in [0.25, 0.3) is 0 Å². The van der Waals surface area contributed by atoms with E-state index in [1.54, 1.807) is 11.3 Å². The van der Waals surface area contributed by atoms with Gasteiger partial charge in [-0.3, -0.25) is 0 Å². The van der Waals surface area contributed by atoms with Crippen LogP contribution in [0.4, 0.5) is 0 Å². The summed E-state index contributed by atoms with van der Waals surface area (Å²) in [6.45, 7) is 6.88. The topological polar surface area (TPSA) is 54.9 Å². The number of nitrogens with zero attached hydrogens (tertiary/aromatic N) is 1. The molecule has 0 amide bonds. The van der Waals surface area contributed by atoms with Crippen LogP contribution >= 0.6 is 35.3 Å². The van der Waals surface area contributed by atoms with E-state index in [0.29, 0.717) is 19.3 Å². The van der Waals surface area contributed by atoms with Crippen LogP contribution < -0.4 is 20.1 Å². The van der Waals surface area contributed by atoms with Crippen LogP contribution in [0.15, 0.2) is 40.7 Å². The molecule has 1 atom stereocenters. The third-order valence-corrected chi connectivity index (χ3v) is 4.91. The number of fused-ring (bicyclic) bond motifs is 1. The lowest BCUT2D eigenvalue weighted by Gasteiger charge is -2.15. The predicted octanol–water partition coefficient (Wildman–Crippen LogP) is 3.95. The largest absolute Gasteiger partial charge is 0.454 e. The summed E-state index contributed by atoms with van der Waals surface area (Å²) in [7, 11) is 0. The molecule has 1 aromatic heterocycles. The molecule has 0 spiro atoms. The van der Waals surface area contributed by atoms with Crippen molar-refractivity contribution in [1.82, 2.24) is 10.6 Å². The Balaban J connectivity index is 0.00000225. The first kappa shape index (κ1) is 19.8. The minimum Gasteiger partial charge on any atom is -0.454 e. The second-order valence-electron chi connectivity index (χ2n) is 5.68. The maximum atomic E-state index is 5.41. The van der Waals surface area contributed by atoms with Gasteiger partial charge in [0.05, 0.1) is 6.54 Å². The SMILES string of the molecule is CCNC(=NCc1ccc2c(c1)OCO2)NCC(C)c1cccs1.I. The lowest BCUT2D eigenvalue weighted by atomic mass is 10.1. The van der Waals surface area contributed by atoms with E-state index in [2.05, 4.69) is 47.0 Å². The van der Waals surface area contributed by atoms with Crippen LogP contribution in [0.5, 0.6) is 11.5 Å². The zero-order valence-corrected chi connectivity index (χ0v) is 17.6. The Bertz CT molecular complexity index is 692. The van der Waals surface area contributed by atoms with Crippen molar-refractivity contribution in [3.8, 4) is 11.5 Å². The second-order valence-corrected chi connectivity index (χ2v) is 6.66. The van der Waals surface area contributed by atoms with Crippen molar-refractivity contribution in [2.75, 3.05) is 19.9 Å². The van der Waals surface area contributed by atoms with Gasteiger partial charge in [-0.15, -0.1) is 35.3 Å². The van der Waals surface area contributed by atoms with Gasteiger partial charge in [0.2, 0.25) is 6.79 Å². The van der Waals surface area contributed by atoms with Gasteiger partial charge in [0, 0.05) is 23.9 Å². The number of guanidine groups is 1. The van der Waals surface area contributed by atoms with Crippen LogP contribution in [0, 0.1) is 0 Å². The van der Waals surface area contributed by atoms with Gasteiger partial charge in [-0.1, -0.05) is 19.1 Å². The van der Waals surface area contributed by atoms with E-state index < -0.39 is 0 Å². The van der Waals surface area contributed by atoms with Crippen LogP contribution in [0.2, 0.25) is 0 Å². The Kier molecular flexibility index (Phi) is 7.83. The van der Waals surface area contributed by atoms with Gasteiger partial charge in [0.15, 0.2) is 17.5 Å². The summed E-state index contributed by atoms with van der Waals surface area (Å²) in [5, 5.41) is 8.83. The van der Waals surface area contributed by atoms with Crippen LogP contribution in [-0.4, -0.2) is 25.8 Å². The van der Waals surface area contributed by atoms with E-state index in [-0.39, 0.29) is 24.0 Å². The van der Waals surface area contributed by atoms with Crippen LogP contribution in [0.1, 0.15) is 30.2 Å². The van der Waals surface area contributed by atoms with E-state index in [1.807, 2.05) is 18.2 Å². The van der Waals surface area contributed by atoms with Gasteiger partial charge in [-0.2, -0.15) is 0 Å². The molecule has 136 valence electrons. The maximum Gasteiger partial charge on any atom is 0.231 e. The first-order valence-corrected chi connectivity index (χ1v) is 9.08. The minimum absolute atomic E-state index is 0. The highest BCUT2D eigenvalue weighted by Crippen LogP contribution is 2.32. The van der Waals surface area contributed by atoms with E-state index >= 15 is 0 Å². The average molecular weight is 473 g/mol. The number of nitrogens with one attached hydrogen (secondary N) is 2. The standard InChI is InChI=1S/C18H23N3O2S.HI/c1-3-19-18(20-10-13(2)17-5-4-8-24-17)21-11-14-6-7-15-16(9-14)23-12-22-15;/h4-9,13H,3,10-12H2,1-2H3,(H2,19,20,21);1H. The Morgan fingerprint density at radius 1 is 1.24 bits per heavy atom. The van der Waals surface area contributed by atoms with Crippen LogP contribution in [0.25, 0.3) is 0 Å². The minimum atomic E-state index is 0. The first-order valence-electron chi connectivity index (χ1n) is 8.20. The summed E-state index contributed by atoms with van der Waals surface area (Å²) >= 11 is 1.79. The van der Waals surface area contributed by atoms with Crippen molar-refractivity contribution in [2.45, 2.75) is 26.3 Å². The Hall–Kier alpha value is -1.48. The van der Waals surface area contributed by atoms with Crippen molar-refractivity contribution < 1.29 is 9.47 Å². The molecule has 0 bridgehead atoms. The fraction of sp³-hybridized carbons (Fsp3) is 0.389. The molecule has 0 fully saturated rings. The second kappa shape index (κ2) is 9.86. The van der Waals surface area contributed by atoms with Gasteiger partial charge in [0.1, 0.15) is 0 Å². The normalized spacial score (nSPS) is 13.9. The number of halogens is 1. The monoisotopic (exact) mass is 473 g/mol. The molecule has 2 N–H and O–H groups in total. The number of hydrogen-bond acceptors (Lipinski definition) is 4. The molecule has 3 rings (SSSR count). The first-order chi connectivity index (χ1) is 11.8. The van der Waals surface area contributed by atoms with Gasteiger partial charge in [-0.05, 0) is 36.1 Å². The average Bonchev–Trinajstić information content (AvgIpc) is 3.27. The molecule has 1 unspecified atom stereocenters. The molecule has 1 aliphatic heterocycles. The fourth-order valence-corrected chi connectivity index (χ4v) is 3.26. The summed E-state index contributed by atoms with van der Waals surface area (Å²) in [5.74, 6) is 2.89. The molecule has 2 heterocycles. The quantitative estimate of drug-likeness (QED) is 0.379. The molecule has 0 radical (unpaired) electrons.